The standard InChI is InChI=1S/C21H23FN8O12P2/c22-13-11-5-38-43(33,34)41-9-3-12(29-6-25-14-8(31)1-2-24-17(14)29)39-10(9)4-37-44(35,36)42-16(13)20(40-11)30-7-26-15-18(30)27-21(23)28-19(15)32/h2,6-7,9-13,16,20H,1,3-5H2,(H,33,34)(H,35,36)(H3,23,27,28,32)/t9-,10+,11+,12+,13+,16+,20+/m0/s1. The van der Waals surface area contributed by atoms with Crippen LogP contribution in [0.5, 0.6) is 0 Å². The van der Waals surface area contributed by atoms with Crippen LogP contribution < -0.4 is 11.3 Å². The fraction of sp³-hybridized carbons (Fsp3) is 0.524. The Morgan fingerprint density at radius 3 is 2.52 bits per heavy atom. The molecule has 9 atom stereocenters. The Morgan fingerprint density at radius 2 is 1.73 bits per heavy atom. The highest BCUT2D eigenvalue weighted by atomic mass is 31.2. The first kappa shape index (κ1) is 29.5. The topological polar surface area (TPSA) is 267 Å². The van der Waals surface area contributed by atoms with Crippen molar-refractivity contribution >= 4 is 50.6 Å². The Hall–Kier alpha value is -3.23. The van der Waals surface area contributed by atoms with Gasteiger partial charge in [-0.3, -0.25) is 41.8 Å². The molecule has 0 aromatic carbocycles. The molecule has 4 aliphatic heterocycles. The summed E-state index contributed by atoms with van der Waals surface area (Å²) in [6.45, 7) is -1.59. The Morgan fingerprint density at radius 1 is 1.00 bits per heavy atom. The number of phosphoric ester groups is 2. The summed E-state index contributed by atoms with van der Waals surface area (Å²) in [5.74, 6) is -0.372. The zero-order chi connectivity index (χ0) is 31.0. The number of carbonyl (C=O) groups is 1. The van der Waals surface area contributed by atoms with Crippen molar-refractivity contribution in [1.29, 1.82) is 0 Å². The van der Waals surface area contributed by atoms with Gasteiger partial charge in [0.25, 0.3) is 5.56 Å². The Kier molecular flexibility index (Phi) is 7.16. The number of Topliss-reactive ketones (excluding diaryl/α,β-unsaturated/α-hetero) is 1. The molecule has 3 fully saturated rings. The van der Waals surface area contributed by atoms with Gasteiger partial charge < -0.3 is 25.0 Å². The number of rotatable bonds is 2. The monoisotopic (exact) mass is 660 g/mol. The third kappa shape index (κ3) is 5.24. The lowest BCUT2D eigenvalue weighted by Crippen LogP contribution is -2.32. The minimum absolute atomic E-state index is 0.0702. The number of halogens is 1. The molecule has 236 valence electrons. The average molecular weight is 660 g/mol. The molecule has 3 aromatic rings. The maximum absolute atomic E-state index is 15.7. The zero-order valence-corrected chi connectivity index (χ0v) is 23.9. The second-order valence-electron chi connectivity index (χ2n) is 10.2. The van der Waals surface area contributed by atoms with Crippen molar-refractivity contribution in [2.75, 3.05) is 18.9 Å². The molecule has 0 amide bonds. The molecule has 3 saturated heterocycles. The number of H-pyrrole nitrogens is 1. The van der Waals surface area contributed by atoms with E-state index in [2.05, 4.69) is 24.9 Å². The van der Waals surface area contributed by atoms with Gasteiger partial charge in [0.1, 0.15) is 30.6 Å². The van der Waals surface area contributed by atoms with Crippen LogP contribution in [0.25, 0.3) is 11.2 Å². The fourth-order valence-electron chi connectivity index (χ4n) is 5.35. The lowest BCUT2D eigenvalue weighted by molar-refractivity contribution is -0.0670. The van der Waals surface area contributed by atoms with Crippen molar-refractivity contribution in [3.05, 3.63) is 28.7 Å². The molecule has 4 aliphatic rings. The molecule has 0 radical (unpaired) electrons. The van der Waals surface area contributed by atoms with E-state index in [9.17, 15) is 28.5 Å². The summed E-state index contributed by atoms with van der Waals surface area (Å²) < 4.78 is 76.6. The van der Waals surface area contributed by atoms with Gasteiger partial charge in [0.05, 0.1) is 25.9 Å². The van der Waals surface area contributed by atoms with Gasteiger partial charge in [0, 0.05) is 19.1 Å². The second-order valence-corrected chi connectivity index (χ2v) is 13.0. The molecule has 0 saturated carbocycles. The van der Waals surface area contributed by atoms with Gasteiger partial charge in [0.2, 0.25) is 5.95 Å². The fourth-order valence-corrected chi connectivity index (χ4v) is 7.23. The Labute approximate surface area is 244 Å². The van der Waals surface area contributed by atoms with Crippen molar-refractivity contribution in [3.63, 3.8) is 0 Å². The van der Waals surface area contributed by atoms with Crippen LogP contribution in [-0.2, 0) is 36.7 Å². The summed E-state index contributed by atoms with van der Waals surface area (Å²) in [4.78, 5) is 64.0. The van der Waals surface area contributed by atoms with E-state index in [0.29, 0.717) is 0 Å². The molecule has 5 N–H and O–H groups in total. The van der Waals surface area contributed by atoms with Crippen molar-refractivity contribution in [3.8, 4) is 0 Å². The summed E-state index contributed by atoms with van der Waals surface area (Å²) in [5.41, 5.74) is 4.67. The number of aliphatic imine (C=N–C) groups is 1. The lowest BCUT2D eigenvalue weighted by Gasteiger charge is -2.25. The molecule has 23 heteroatoms. The molecule has 0 spiro atoms. The predicted octanol–water partition coefficient (Wildman–Crippen LogP) is 0.428. The SMILES string of the molecule is Nc1nc2c(ncn2[C@@H]2O[C@@H]3COP(=O)(O)O[C@H]4C[C@H](n5cnc6c5N=CCC6=O)O[C@@H]4COP(=O)(O)O[C@@H]2[C@@H]3F)c(=O)[nH]1. The number of nitrogens with two attached hydrogens (primary N) is 1. The number of nitrogen functional groups attached to an aromatic ring is 1. The molecule has 7 rings (SSSR count). The molecular formula is C21H23FN8O12P2. The average Bonchev–Trinajstić information content (AvgIpc) is 3.72. The number of ether oxygens (including phenoxy) is 2. The number of carbonyl (C=O) groups excluding carboxylic acids is 1. The van der Waals surface area contributed by atoms with Crippen LogP contribution in [0, 0.1) is 0 Å². The molecule has 2 bridgehead atoms. The van der Waals surface area contributed by atoms with E-state index in [1.54, 1.807) is 0 Å². The van der Waals surface area contributed by atoms with E-state index >= 15 is 4.39 Å². The zero-order valence-electron chi connectivity index (χ0n) is 22.1. The number of imidazole rings is 2. The number of nitrogens with one attached hydrogen (secondary N) is 1. The maximum atomic E-state index is 15.7. The van der Waals surface area contributed by atoms with Crippen LogP contribution in [0.4, 0.5) is 16.2 Å². The highest BCUT2D eigenvalue weighted by molar-refractivity contribution is 7.47. The van der Waals surface area contributed by atoms with Gasteiger partial charge in [-0.15, -0.1) is 0 Å². The van der Waals surface area contributed by atoms with Crippen LogP contribution in [0.15, 0.2) is 22.4 Å². The summed E-state index contributed by atoms with van der Waals surface area (Å²) in [6.07, 6.45) is -7.08. The summed E-state index contributed by atoms with van der Waals surface area (Å²) in [5, 5.41) is 0. The van der Waals surface area contributed by atoms with E-state index in [-0.39, 0.29) is 47.2 Å². The number of aromatic nitrogens is 6. The van der Waals surface area contributed by atoms with E-state index in [0.717, 1.165) is 10.9 Å². The molecule has 0 aliphatic carbocycles. The van der Waals surface area contributed by atoms with Gasteiger partial charge in [-0.25, -0.2) is 28.5 Å². The summed E-state index contributed by atoms with van der Waals surface area (Å²) in [7, 11) is -10.0. The number of aromatic amines is 1. The third-order valence-corrected chi connectivity index (χ3v) is 9.33. The number of hydrogen-bond donors (Lipinski definition) is 4. The normalized spacial score (nSPS) is 37.7. The van der Waals surface area contributed by atoms with Crippen molar-refractivity contribution in [2.24, 2.45) is 4.99 Å². The van der Waals surface area contributed by atoms with E-state index in [1.807, 2.05) is 0 Å². The highest BCUT2D eigenvalue weighted by Gasteiger charge is 2.53. The number of hydrogen-bond acceptors (Lipinski definition) is 15. The quantitative estimate of drug-likeness (QED) is 0.271. The summed E-state index contributed by atoms with van der Waals surface area (Å²) >= 11 is 0. The van der Waals surface area contributed by atoms with Crippen LogP contribution in [0.2, 0.25) is 0 Å². The summed E-state index contributed by atoms with van der Waals surface area (Å²) in [6, 6.07) is 0. The first-order valence-corrected chi connectivity index (χ1v) is 16.0. The van der Waals surface area contributed by atoms with Crippen LogP contribution in [0.1, 0.15) is 35.8 Å². The van der Waals surface area contributed by atoms with Crippen molar-refractivity contribution < 1.29 is 55.7 Å². The minimum atomic E-state index is -5.10. The first-order valence-electron chi connectivity index (χ1n) is 13.0. The Bertz CT molecular complexity index is 1830. The lowest BCUT2D eigenvalue weighted by atomic mass is 10.1. The van der Waals surface area contributed by atoms with Crippen LogP contribution in [-0.4, -0.2) is 94.7 Å². The smallest absolute Gasteiger partial charge is 0.369 e. The first-order chi connectivity index (χ1) is 20.9. The van der Waals surface area contributed by atoms with Crippen LogP contribution in [0.3, 0.4) is 0 Å². The third-order valence-electron chi connectivity index (χ3n) is 7.33. The molecule has 44 heavy (non-hydrogen) atoms. The van der Waals surface area contributed by atoms with Crippen LogP contribution >= 0.6 is 15.6 Å². The van der Waals surface area contributed by atoms with Crippen molar-refractivity contribution in [1.82, 2.24) is 29.1 Å². The van der Waals surface area contributed by atoms with Gasteiger partial charge >= 0.3 is 15.6 Å². The highest BCUT2D eigenvalue weighted by Crippen LogP contribution is 2.54. The number of phosphoric acid groups is 2. The van der Waals surface area contributed by atoms with E-state index in [1.165, 1.54) is 17.1 Å². The molecule has 20 nitrogen and oxygen atoms in total. The van der Waals surface area contributed by atoms with E-state index in [4.69, 9.17) is 33.3 Å². The molecule has 2 unspecified atom stereocenters. The molecular weight excluding hydrogens is 637 g/mol. The molecule has 7 heterocycles. The van der Waals surface area contributed by atoms with Gasteiger partial charge in [-0.2, -0.15) is 4.98 Å². The number of ketones is 1. The minimum Gasteiger partial charge on any atom is -0.369 e. The van der Waals surface area contributed by atoms with Crippen molar-refractivity contribution in [2.45, 2.75) is 55.9 Å². The molecule has 3 aromatic heterocycles. The van der Waals surface area contributed by atoms with E-state index < -0.39 is 77.5 Å². The van der Waals surface area contributed by atoms with Gasteiger partial charge in [0.15, 0.2) is 40.9 Å². The second kappa shape index (κ2) is 10.7. The van der Waals surface area contributed by atoms with Gasteiger partial charge in [-0.1, -0.05) is 0 Å². The number of alkyl halides is 1. The number of fused-ring (bicyclic) bond motifs is 5. The Balaban J connectivity index is 1.18. The maximum Gasteiger partial charge on any atom is 0.472 e. The predicted molar refractivity (Wildman–Crippen MR) is 141 cm³/mol. The number of nitrogens with zero attached hydrogens (tertiary/aromatic N) is 6. The van der Waals surface area contributed by atoms with Gasteiger partial charge in [-0.05, 0) is 0 Å². The largest absolute Gasteiger partial charge is 0.472 e. The number of anilines is 1.